The van der Waals surface area contributed by atoms with E-state index < -0.39 is 28.3 Å². The Hall–Kier alpha value is -3.39. The van der Waals surface area contributed by atoms with Crippen molar-refractivity contribution in [3.63, 3.8) is 0 Å². The minimum absolute atomic E-state index is 0.0621. The van der Waals surface area contributed by atoms with Gasteiger partial charge in [0, 0.05) is 11.1 Å². The molecule has 0 bridgehead atoms. The molecule has 0 aliphatic carbocycles. The van der Waals surface area contributed by atoms with Gasteiger partial charge in [-0.1, -0.05) is 23.7 Å². The number of rotatable bonds is 3. The van der Waals surface area contributed by atoms with Gasteiger partial charge in [-0.15, -0.1) is 0 Å². The summed E-state index contributed by atoms with van der Waals surface area (Å²) in [6.45, 7) is 0. The van der Waals surface area contributed by atoms with Crippen LogP contribution in [-0.2, 0) is 4.79 Å². The molecule has 1 heterocycles. The van der Waals surface area contributed by atoms with Crippen molar-refractivity contribution in [3.05, 3.63) is 68.9 Å². The van der Waals surface area contributed by atoms with E-state index in [2.05, 4.69) is 5.32 Å². The first-order chi connectivity index (χ1) is 11.9. The number of carbonyl (C=O) groups is 2. The Kier molecular flexibility index (Phi) is 4.12. The maximum Gasteiger partial charge on any atom is 0.333 e. The molecular weight excluding hydrogens is 350 g/mol. The number of anilines is 1. The van der Waals surface area contributed by atoms with E-state index in [0.717, 1.165) is 17.0 Å². The van der Waals surface area contributed by atoms with Crippen LogP contribution in [0.4, 0.5) is 16.2 Å². The van der Waals surface area contributed by atoms with Crippen molar-refractivity contribution in [2.24, 2.45) is 0 Å². The highest BCUT2D eigenvalue weighted by Crippen LogP contribution is 2.27. The monoisotopic (exact) mass is 358 g/mol. The molecule has 1 N–H and O–H groups in total. The number of imide groups is 1. The van der Waals surface area contributed by atoms with Crippen molar-refractivity contribution >= 4 is 41.0 Å². The van der Waals surface area contributed by atoms with Gasteiger partial charge in [0.25, 0.3) is 11.6 Å². The van der Waals surface area contributed by atoms with Crippen LogP contribution in [0.15, 0.2) is 48.2 Å². The molecule has 1 fully saturated rings. The summed E-state index contributed by atoms with van der Waals surface area (Å²) in [5, 5.41) is 25.1. The van der Waals surface area contributed by atoms with Crippen LogP contribution in [0.2, 0.25) is 5.02 Å². The van der Waals surface area contributed by atoms with Gasteiger partial charge < -0.3 is 10.4 Å². The van der Waals surface area contributed by atoms with Crippen molar-refractivity contribution < 1.29 is 19.6 Å². The molecule has 2 aromatic rings. The molecule has 0 unspecified atom stereocenters. The second kappa shape index (κ2) is 6.25. The van der Waals surface area contributed by atoms with Crippen LogP contribution in [0.5, 0.6) is 5.75 Å². The fourth-order valence-electron chi connectivity index (χ4n) is 2.29. The minimum Gasteiger partial charge on any atom is -0.868 e. The summed E-state index contributed by atoms with van der Waals surface area (Å²) < 4.78 is 0. The molecule has 0 spiro atoms. The number of nitro benzene ring substituents is 1. The van der Waals surface area contributed by atoms with Gasteiger partial charge in [0.2, 0.25) is 0 Å². The first-order valence-corrected chi connectivity index (χ1v) is 7.33. The second-order valence-corrected chi connectivity index (χ2v) is 5.53. The van der Waals surface area contributed by atoms with Crippen molar-refractivity contribution in [2.75, 3.05) is 4.90 Å². The van der Waals surface area contributed by atoms with Crippen molar-refractivity contribution in [1.82, 2.24) is 5.32 Å². The Morgan fingerprint density at radius 3 is 2.44 bits per heavy atom. The third kappa shape index (κ3) is 3.15. The van der Waals surface area contributed by atoms with E-state index in [9.17, 15) is 24.8 Å². The summed E-state index contributed by atoms with van der Waals surface area (Å²) in [7, 11) is 0. The summed E-state index contributed by atoms with van der Waals surface area (Å²) in [6, 6.07) is 8.84. The molecule has 1 aliphatic heterocycles. The molecule has 1 aliphatic rings. The Labute approximate surface area is 146 Å². The molecule has 3 amide bonds. The standard InChI is InChI=1S/C16H10ClN3O5/c17-10-2-4-11(5-3-10)19-15(22)12(18-16(19)23)7-9-1-6-14(21)13(8-9)20(24)25/h1-8,21H,(H,18,23)/p-1/b12-7+. The average molecular weight is 359 g/mol. The summed E-state index contributed by atoms with van der Waals surface area (Å²) in [6.07, 6.45) is 1.27. The number of nitrogens with one attached hydrogen (secondary N) is 1. The Balaban J connectivity index is 1.94. The van der Waals surface area contributed by atoms with Crippen LogP contribution in [0.25, 0.3) is 6.08 Å². The zero-order chi connectivity index (χ0) is 18.1. The molecular formula is C16H9ClN3O5-. The van der Waals surface area contributed by atoms with E-state index in [0.29, 0.717) is 10.7 Å². The van der Waals surface area contributed by atoms with Crippen LogP contribution in [-0.4, -0.2) is 16.9 Å². The van der Waals surface area contributed by atoms with Gasteiger partial charge in [0.1, 0.15) is 5.70 Å². The average Bonchev–Trinajstić information content (AvgIpc) is 2.84. The first kappa shape index (κ1) is 16.5. The van der Waals surface area contributed by atoms with Gasteiger partial charge in [0.15, 0.2) is 0 Å². The fraction of sp³-hybridized carbons (Fsp3) is 0. The largest absolute Gasteiger partial charge is 0.868 e. The van der Waals surface area contributed by atoms with Crippen molar-refractivity contribution in [2.45, 2.75) is 0 Å². The number of nitrogens with zero attached hydrogens (tertiary/aromatic N) is 2. The van der Waals surface area contributed by atoms with E-state index >= 15 is 0 Å². The van der Waals surface area contributed by atoms with Crippen LogP contribution < -0.4 is 15.3 Å². The van der Waals surface area contributed by atoms with Gasteiger partial charge in [-0.2, -0.15) is 0 Å². The molecule has 2 aromatic carbocycles. The lowest BCUT2D eigenvalue weighted by molar-refractivity contribution is -0.398. The lowest BCUT2D eigenvalue weighted by Gasteiger charge is -2.11. The van der Waals surface area contributed by atoms with E-state index in [4.69, 9.17) is 11.6 Å². The number of hydrogen-bond donors (Lipinski definition) is 1. The summed E-state index contributed by atoms with van der Waals surface area (Å²) in [5.74, 6) is -1.36. The number of urea groups is 1. The molecule has 8 nitrogen and oxygen atoms in total. The minimum atomic E-state index is -0.806. The quantitative estimate of drug-likeness (QED) is 0.391. The van der Waals surface area contributed by atoms with Gasteiger partial charge in [-0.25, -0.2) is 9.69 Å². The Morgan fingerprint density at radius 1 is 1.12 bits per heavy atom. The number of nitro groups is 1. The number of carbonyl (C=O) groups excluding carboxylic acids is 2. The van der Waals surface area contributed by atoms with Gasteiger partial charge in [0.05, 0.1) is 10.6 Å². The highest BCUT2D eigenvalue weighted by atomic mass is 35.5. The third-order valence-corrected chi connectivity index (χ3v) is 3.71. The molecule has 0 saturated carbocycles. The van der Waals surface area contributed by atoms with E-state index in [1.54, 1.807) is 0 Å². The predicted molar refractivity (Wildman–Crippen MR) is 88.0 cm³/mol. The number of amides is 3. The van der Waals surface area contributed by atoms with Gasteiger partial charge in [-0.05, 0) is 41.7 Å². The summed E-state index contributed by atoms with van der Waals surface area (Å²) in [4.78, 5) is 35.4. The topological polar surface area (TPSA) is 116 Å². The van der Waals surface area contributed by atoms with Gasteiger partial charge in [-0.3, -0.25) is 14.9 Å². The molecule has 1 saturated heterocycles. The molecule has 0 atom stereocenters. The van der Waals surface area contributed by atoms with E-state index in [1.165, 1.54) is 36.4 Å². The van der Waals surface area contributed by atoms with Crippen molar-refractivity contribution in [3.8, 4) is 5.75 Å². The lowest BCUT2D eigenvalue weighted by Crippen LogP contribution is -2.30. The maximum absolute atomic E-state index is 12.4. The fourth-order valence-corrected chi connectivity index (χ4v) is 2.42. The van der Waals surface area contributed by atoms with Crippen LogP contribution in [0.1, 0.15) is 5.56 Å². The predicted octanol–water partition coefficient (Wildman–Crippen LogP) is 2.42. The number of hydrogen-bond acceptors (Lipinski definition) is 5. The Morgan fingerprint density at radius 2 is 1.80 bits per heavy atom. The highest BCUT2D eigenvalue weighted by Gasteiger charge is 2.34. The summed E-state index contributed by atoms with van der Waals surface area (Å²) in [5.41, 5.74) is -0.0994. The number of halogens is 1. The molecule has 25 heavy (non-hydrogen) atoms. The highest BCUT2D eigenvalue weighted by molar-refractivity contribution is 6.31. The van der Waals surface area contributed by atoms with E-state index in [-0.39, 0.29) is 11.3 Å². The molecule has 9 heteroatoms. The van der Waals surface area contributed by atoms with Crippen LogP contribution in [0.3, 0.4) is 0 Å². The second-order valence-electron chi connectivity index (χ2n) is 5.09. The lowest BCUT2D eigenvalue weighted by atomic mass is 10.1. The zero-order valence-electron chi connectivity index (χ0n) is 12.4. The Bertz CT molecular complexity index is 924. The SMILES string of the molecule is O=C1N/C(=C/c2ccc([O-])c([N+](=O)[O-])c2)C(=O)N1c1ccc(Cl)cc1. The maximum atomic E-state index is 12.4. The molecule has 126 valence electrons. The van der Waals surface area contributed by atoms with Crippen LogP contribution in [0, 0.1) is 10.1 Å². The van der Waals surface area contributed by atoms with Crippen molar-refractivity contribution in [1.29, 1.82) is 0 Å². The third-order valence-electron chi connectivity index (χ3n) is 3.45. The van der Waals surface area contributed by atoms with E-state index in [1.807, 2.05) is 0 Å². The number of benzene rings is 2. The van der Waals surface area contributed by atoms with Crippen LogP contribution >= 0.6 is 11.6 Å². The van der Waals surface area contributed by atoms with Gasteiger partial charge >= 0.3 is 6.03 Å². The first-order valence-electron chi connectivity index (χ1n) is 6.95. The smallest absolute Gasteiger partial charge is 0.333 e. The molecule has 3 rings (SSSR count). The molecule has 0 radical (unpaired) electrons. The summed E-state index contributed by atoms with van der Waals surface area (Å²) >= 11 is 5.78. The normalized spacial score (nSPS) is 15.6. The zero-order valence-corrected chi connectivity index (χ0v) is 13.2. The molecule has 0 aromatic heterocycles.